The van der Waals surface area contributed by atoms with E-state index < -0.39 is 11.2 Å². The van der Waals surface area contributed by atoms with Crippen LogP contribution >= 0.6 is 23.2 Å². The number of ether oxygens (including phenoxy) is 1. The fourth-order valence-corrected chi connectivity index (χ4v) is 3.64. The molecule has 0 radical (unpaired) electrons. The summed E-state index contributed by atoms with van der Waals surface area (Å²) in [6.07, 6.45) is 1.27. The Balaban J connectivity index is 1.51. The molecule has 8 nitrogen and oxygen atoms in total. The van der Waals surface area contributed by atoms with Crippen LogP contribution in [0, 0.1) is 0 Å². The van der Waals surface area contributed by atoms with E-state index in [2.05, 4.69) is 15.4 Å². The lowest BCUT2D eigenvalue weighted by molar-refractivity contribution is -0.118. The Morgan fingerprint density at radius 2 is 1.70 bits per heavy atom. The predicted octanol–water partition coefficient (Wildman–Crippen LogP) is 3.90. The lowest BCUT2D eigenvalue weighted by Crippen LogP contribution is -2.32. The van der Waals surface area contributed by atoms with Crippen LogP contribution in [-0.2, 0) is 4.79 Å². The number of nitrogens with one attached hydrogen (secondary N) is 2. The first-order valence-corrected chi connectivity index (χ1v) is 10.4. The van der Waals surface area contributed by atoms with Crippen molar-refractivity contribution in [2.75, 3.05) is 11.9 Å². The van der Waals surface area contributed by atoms with E-state index in [4.69, 9.17) is 27.9 Å². The Morgan fingerprint density at radius 3 is 2.42 bits per heavy atom. The number of hydrogen-bond donors (Lipinski definition) is 2. The van der Waals surface area contributed by atoms with Crippen molar-refractivity contribution < 1.29 is 9.53 Å². The van der Waals surface area contributed by atoms with E-state index >= 15 is 0 Å². The zero-order valence-corrected chi connectivity index (χ0v) is 18.4. The van der Waals surface area contributed by atoms with Crippen LogP contribution in [-0.4, -0.2) is 28.4 Å². The van der Waals surface area contributed by atoms with Gasteiger partial charge in [-0.2, -0.15) is 5.10 Å². The van der Waals surface area contributed by atoms with Crippen molar-refractivity contribution in [3.63, 3.8) is 0 Å². The van der Waals surface area contributed by atoms with Crippen molar-refractivity contribution in [2.45, 2.75) is 0 Å². The minimum atomic E-state index is -0.684. The number of fused-ring (bicyclic) bond motifs is 1. The van der Waals surface area contributed by atoms with Gasteiger partial charge in [0.15, 0.2) is 12.4 Å². The van der Waals surface area contributed by atoms with Gasteiger partial charge in [-0.3, -0.25) is 9.59 Å². The maximum atomic E-state index is 12.6. The maximum absolute atomic E-state index is 12.6. The van der Waals surface area contributed by atoms with Crippen LogP contribution in [0.5, 0.6) is 5.75 Å². The number of carbonyl (C=O) groups excluding carboxylic acids is 1. The third-order valence-electron chi connectivity index (χ3n) is 4.53. The van der Waals surface area contributed by atoms with E-state index in [1.54, 1.807) is 48.5 Å². The number of amides is 1. The Labute approximate surface area is 197 Å². The normalized spacial score (nSPS) is 11.1. The van der Waals surface area contributed by atoms with Crippen LogP contribution < -0.4 is 21.3 Å². The molecule has 166 valence electrons. The van der Waals surface area contributed by atoms with Crippen molar-refractivity contribution in [2.24, 2.45) is 5.10 Å². The molecule has 0 aliphatic carbocycles. The van der Waals surface area contributed by atoms with Gasteiger partial charge in [-0.25, -0.2) is 4.79 Å². The Bertz CT molecular complexity index is 1460. The molecule has 33 heavy (non-hydrogen) atoms. The number of anilines is 1. The zero-order valence-electron chi connectivity index (χ0n) is 16.9. The van der Waals surface area contributed by atoms with Gasteiger partial charge in [0.05, 0.1) is 27.2 Å². The number of H-pyrrole nitrogens is 1. The van der Waals surface area contributed by atoms with Crippen LogP contribution in [0.3, 0.4) is 0 Å². The molecule has 1 aromatic heterocycles. The summed E-state index contributed by atoms with van der Waals surface area (Å²) in [5.74, 6) is -0.256. The molecule has 0 saturated carbocycles. The molecule has 1 amide bonds. The monoisotopic (exact) mass is 482 g/mol. The number of aromatic amines is 1. The SMILES string of the molecule is O=C(COc1c(Cl)cc(C=Nn2c(=O)[nH]c3ccccc3c2=O)cc1Cl)Nc1ccccc1. The summed E-state index contributed by atoms with van der Waals surface area (Å²) in [7, 11) is 0. The Kier molecular flexibility index (Phi) is 6.58. The van der Waals surface area contributed by atoms with Crippen LogP contribution in [0.4, 0.5) is 5.69 Å². The fourth-order valence-electron chi connectivity index (χ4n) is 3.03. The summed E-state index contributed by atoms with van der Waals surface area (Å²) in [6.45, 7) is -0.302. The molecule has 0 spiro atoms. The predicted molar refractivity (Wildman–Crippen MR) is 129 cm³/mol. The van der Waals surface area contributed by atoms with Crippen LogP contribution in [0.2, 0.25) is 10.0 Å². The summed E-state index contributed by atoms with van der Waals surface area (Å²) in [5, 5.41) is 7.25. The molecular weight excluding hydrogens is 467 g/mol. The van der Waals surface area contributed by atoms with Crippen LogP contribution in [0.1, 0.15) is 5.56 Å². The van der Waals surface area contributed by atoms with E-state index in [1.165, 1.54) is 18.3 Å². The zero-order chi connectivity index (χ0) is 23.4. The smallest absolute Gasteiger partial charge is 0.349 e. The quantitative estimate of drug-likeness (QED) is 0.406. The first kappa shape index (κ1) is 22.3. The van der Waals surface area contributed by atoms with Crippen molar-refractivity contribution in [3.8, 4) is 5.75 Å². The molecule has 0 fully saturated rings. The minimum absolute atomic E-state index is 0.124. The number of halogens is 2. The van der Waals surface area contributed by atoms with E-state index in [9.17, 15) is 14.4 Å². The largest absolute Gasteiger partial charge is 0.481 e. The Morgan fingerprint density at radius 1 is 1.03 bits per heavy atom. The van der Waals surface area contributed by atoms with Crippen molar-refractivity contribution in [1.82, 2.24) is 9.66 Å². The van der Waals surface area contributed by atoms with Gasteiger partial charge < -0.3 is 15.0 Å². The van der Waals surface area contributed by atoms with Crippen LogP contribution in [0.15, 0.2) is 81.4 Å². The molecule has 1 heterocycles. The second-order valence-electron chi connectivity index (χ2n) is 6.85. The third kappa shape index (κ3) is 5.14. The molecule has 0 atom stereocenters. The lowest BCUT2D eigenvalue weighted by atomic mass is 10.2. The molecule has 0 aliphatic heterocycles. The average Bonchev–Trinajstić information content (AvgIpc) is 2.79. The van der Waals surface area contributed by atoms with E-state index in [0.717, 1.165) is 0 Å². The molecule has 3 aromatic carbocycles. The number of rotatable bonds is 6. The van der Waals surface area contributed by atoms with E-state index in [1.807, 2.05) is 6.07 Å². The summed E-state index contributed by atoms with van der Waals surface area (Å²) in [5.41, 5.74) is 0.228. The number of benzene rings is 3. The van der Waals surface area contributed by atoms with Gasteiger partial charge in [0.1, 0.15) is 0 Å². The van der Waals surface area contributed by atoms with Gasteiger partial charge in [0.2, 0.25) is 0 Å². The highest BCUT2D eigenvalue weighted by Crippen LogP contribution is 2.33. The molecule has 0 aliphatic rings. The molecular formula is C23H16Cl2N4O4. The number of carbonyl (C=O) groups is 1. The standard InChI is InChI=1S/C23H16Cl2N4O4/c24-17-10-14(12-26-29-22(31)16-8-4-5-9-19(16)28-23(29)32)11-18(25)21(17)33-13-20(30)27-15-6-2-1-3-7-15/h1-12H,13H2,(H,27,30)(H,28,32). The molecule has 0 unspecified atom stereocenters. The minimum Gasteiger partial charge on any atom is -0.481 e. The Hall–Kier alpha value is -3.88. The summed E-state index contributed by atoms with van der Waals surface area (Å²) in [4.78, 5) is 39.5. The first-order chi connectivity index (χ1) is 15.9. The molecule has 2 N–H and O–H groups in total. The fraction of sp³-hybridized carbons (Fsp3) is 0.0435. The molecule has 0 bridgehead atoms. The van der Waals surface area contributed by atoms with Gasteiger partial charge in [-0.15, -0.1) is 4.68 Å². The summed E-state index contributed by atoms with van der Waals surface area (Å²) in [6, 6.07) is 18.5. The number of aromatic nitrogens is 2. The highest BCUT2D eigenvalue weighted by Gasteiger charge is 2.12. The van der Waals surface area contributed by atoms with E-state index in [-0.39, 0.29) is 28.3 Å². The van der Waals surface area contributed by atoms with Gasteiger partial charge in [0, 0.05) is 5.69 Å². The number of para-hydroxylation sites is 2. The lowest BCUT2D eigenvalue weighted by Gasteiger charge is -2.11. The van der Waals surface area contributed by atoms with E-state index in [0.29, 0.717) is 26.8 Å². The van der Waals surface area contributed by atoms with Gasteiger partial charge >= 0.3 is 5.69 Å². The van der Waals surface area contributed by atoms with Crippen molar-refractivity contribution in [1.29, 1.82) is 0 Å². The molecule has 4 aromatic rings. The van der Waals surface area contributed by atoms with Crippen molar-refractivity contribution in [3.05, 3.63) is 103 Å². The topological polar surface area (TPSA) is 106 Å². The van der Waals surface area contributed by atoms with Gasteiger partial charge in [-0.05, 0) is 42.0 Å². The molecule has 4 rings (SSSR count). The van der Waals surface area contributed by atoms with Crippen molar-refractivity contribution >= 4 is 51.9 Å². The summed E-state index contributed by atoms with van der Waals surface area (Å²) >= 11 is 12.5. The second kappa shape index (κ2) is 9.72. The highest BCUT2D eigenvalue weighted by atomic mass is 35.5. The first-order valence-electron chi connectivity index (χ1n) is 9.67. The maximum Gasteiger partial charge on any atom is 0.349 e. The molecule has 10 heteroatoms. The average molecular weight is 483 g/mol. The van der Waals surface area contributed by atoms with Gasteiger partial charge in [0.25, 0.3) is 11.5 Å². The molecule has 0 saturated heterocycles. The second-order valence-corrected chi connectivity index (χ2v) is 7.67. The van der Waals surface area contributed by atoms with Crippen LogP contribution in [0.25, 0.3) is 10.9 Å². The summed E-state index contributed by atoms with van der Waals surface area (Å²) < 4.78 is 6.19. The highest BCUT2D eigenvalue weighted by molar-refractivity contribution is 6.37. The number of hydrogen-bond acceptors (Lipinski definition) is 5. The third-order valence-corrected chi connectivity index (χ3v) is 5.09. The van der Waals surface area contributed by atoms with Gasteiger partial charge in [-0.1, -0.05) is 53.5 Å². The number of nitrogens with zero attached hydrogens (tertiary/aromatic N) is 2.